The molecule has 5 rings (SSSR count). The van der Waals surface area contributed by atoms with Crippen LogP contribution in [0.4, 0.5) is 17.1 Å². The minimum atomic E-state index is -0.358. The molecule has 0 bridgehead atoms. The summed E-state index contributed by atoms with van der Waals surface area (Å²) in [5, 5.41) is 15.9. The fraction of sp³-hybridized carbons (Fsp3) is 0.200. The molecule has 0 N–H and O–H groups in total. The summed E-state index contributed by atoms with van der Waals surface area (Å²) < 4.78 is 10.6. The lowest BCUT2D eigenvalue weighted by Crippen LogP contribution is -2.46. The van der Waals surface area contributed by atoms with Crippen LogP contribution in [0.25, 0.3) is 22.8 Å². The molecule has 0 radical (unpaired) electrons. The number of nitrogens with zero attached hydrogens (tertiary/aromatic N) is 5. The highest BCUT2D eigenvalue weighted by molar-refractivity contribution is 5.72. The standard InChI is InChI=1S/C25H23N5O4/c1-33-21-10-8-20(9-11-21)28-13-15-29(16-14-28)22-12-7-19(17-23(22)30(31)32)25-26-24(27-34-25)18-5-3-2-4-6-18/h2-12,17H,13-16H2,1H3. The zero-order valence-corrected chi connectivity index (χ0v) is 18.6. The average Bonchev–Trinajstić information content (AvgIpc) is 3.39. The Morgan fingerprint density at radius 3 is 2.29 bits per heavy atom. The van der Waals surface area contributed by atoms with Crippen LogP contribution in [0.3, 0.4) is 0 Å². The number of piperazine rings is 1. The minimum Gasteiger partial charge on any atom is -0.497 e. The monoisotopic (exact) mass is 457 g/mol. The zero-order valence-electron chi connectivity index (χ0n) is 18.6. The maximum atomic E-state index is 11.9. The van der Waals surface area contributed by atoms with Gasteiger partial charge in [0.25, 0.3) is 11.6 Å². The van der Waals surface area contributed by atoms with Gasteiger partial charge in [-0.2, -0.15) is 4.98 Å². The molecule has 0 unspecified atom stereocenters. The van der Waals surface area contributed by atoms with Crippen molar-refractivity contribution < 1.29 is 14.2 Å². The Hall–Kier alpha value is -4.40. The molecule has 9 heteroatoms. The Kier molecular flexibility index (Phi) is 5.82. The van der Waals surface area contributed by atoms with Crippen LogP contribution in [0.1, 0.15) is 0 Å². The molecule has 1 aliphatic heterocycles. The molecule has 0 saturated carbocycles. The van der Waals surface area contributed by atoms with Crippen LogP contribution >= 0.6 is 0 Å². The molecule has 1 saturated heterocycles. The molecule has 34 heavy (non-hydrogen) atoms. The topological polar surface area (TPSA) is 97.8 Å². The molecule has 1 aromatic heterocycles. The van der Waals surface area contributed by atoms with Gasteiger partial charge in [-0.25, -0.2) is 0 Å². The summed E-state index contributed by atoms with van der Waals surface area (Å²) in [6, 6.07) is 22.4. The highest BCUT2D eigenvalue weighted by atomic mass is 16.6. The van der Waals surface area contributed by atoms with Crippen LogP contribution in [-0.2, 0) is 0 Å². The van der Waals surface area contributed by atoms with E-state index in [2.05, 4.69) is 15.0 Å². The Morgan fingerprint density at radius 1 is 0.912 bits per heavy atom. The van der Waals surface area contributed by atoms with Crippen LogP contribution < -0.4 is 14.5 Å². The number of aromatic nitrogens is 2. The summed E-state index contributed by atoms with van der Waals surface area (Å²) in [6.45, 7) is 2.86. The first-order valence-corrected chi connectivity index (χ1v) is 10.9. The SMILES string of the molecule is COc1ccc(N2CCN(c3ccc(-c4nc(-c5ccccc5)no4)cc3[N+](=O)[O-])CC2)cc1. The van der Waals surface area contributed by atoms with Crippen LogP contribution in [-0.4, -0.2) is 48.4 Å². The van der Waals surface area contributed by atoms with Gasteiger partial charge in [-0.15, -0.1) is 0 Å². The lowest BCUT2D eigenvalue weighted by atomic mass is 10.1. The molecule has 0 spiro atoms. The first-order valence-electron chi connectivity index (χ1n) is 10.9. The van der Waals surface area contributed by atoms with Gasteiger partial charge in [-0.1, -0.05) is 35.5 Å². The van der Waals surface area contributed by atoms with Gasteiger partial charge in [0.15, 0.2) is 0 Å². The predicted molar refractivity (Wildman–Crippen MR) is 129 cm³/mol. The molecule has 0 amide bonds. The lowest BCUT2D eigenvalue weighted by Gasteiger charge is -2.37. The summed E-state index contributed by atoms with van der Waals surface area (Å²) in [5.74, 6) is 1.50. The second kappa shape index (κ2) is 9.22. The van der Waals surface area contributed by atoms with Crippen molar-refractivity contribution >= 4 is 17.1 Å². The molecule has 1 aliphatic rings. The Labute approximate surface area is 196 Å². The van der Waals surface area contributed by atoms with Crippen molar-refractivity contribution in [2.45, 2.75) is 0 Å². The Bertz CT molecular complexity index is 1280. The lowest BCUT2D eigenvalue weighted by molar-refractivity contribution is -0.384. The second-order valence-electron chi connectivity index (χ2n) is 7.92. The van der Waals surface area contributed by atoms with Gasteiger partial charge in [-0.05, 0) is 36.4 Å². The van der Waals surface area contributed by atoms with Gasteiger partial charge in [0, 0.05) is 49.1 Å². The first kappa shape index (κ1) is 21.4. The van der Waals surface area contributed by atoms with Gasteiger partial charge in [0.1, 0.15) is 11.4 Å². The number of nitro groups is 1. The van der Waals surface area contributed by atoms with E-state index in [1.807, 2.05) is 59.5 Å². The van der Waals surface area contributed by atoms with E-state index in [1.165, 1.54) is 6.07 Å². The summed E-state index contributed by atoms with van der Waals surface area (Å²) in [7, 11) is 1.65. The number of hydrogen-bond donors (Lipinski definition) is 0. The number of ether oxygens (including phenoxy) is 1. The molecule has 9 nitrogen and oxygen atoms in total. The van der Waals surface area contributed by atoms with Gasteiger partial charge in [0.05, 0.1) is 12.0 Å². The maximum Gasteiger partial charge on any atom is 0.293 e. The molecule has 3 aromatic carbocycles. The number of methoxy groups -OCH3 is 1. The van der Waals surface area contributed by atoms with Gasteiger partial charge >= 0.3 is 0 Å². The van der Waals surface area contributed by atoms with Gasteiger partial charge in [0.2, 0.25) is 5.82 Å². The summed E-state index contributed by atoms with van der Waals surface area (Å²) in [5.41, 5.74) is 3.05. The van der Waals surface area contributed by atoms with E-state index in [-0.39, 0.29) is 16.5 Å². The minimum absolute atomic E-state index is 0.0230. The van der Waals surface area contributed by atoms with Gasteiger partial charge in [-0.3, -0.25) is 10.1 Å². The largest absolute Gasteiger partial charge is 0.497 e. The smallest absolute Gasteiger partial charge is 0.293 e. The number of rotatable bonds is 6. The molecule has 4 aromatic rings. The van der Waals surface area contributed by atoms with E-state index >= 15 is 0 Å². The Morgan fingerprint density at radius 2 is 1.62 bits per heavy atom. The van der Waals surface area contributed by atoms with E-state index in [4.69, 9.17) is 9.26 Å². The third-order valence-corrected chi connectivity index (χ3v) is 5.94. The van der Waals surface area contributed by atoms with E-state index < -0.39 is 0 Å². The average molecular weight is 457 g/mol. The molecular weight excluding hydrogens is 434 g/mol. The quantitative estimate of drug-likeness (QED) is 0.305. The van der Waals surface area contributed by atoms with Crippen molar-refractivity contribution in [2.75, 3.05) is 43.1 Å². The molecule has 0 atom stereocenters. The molecule has 1 fully saturated rings. The van der Waals surface area contributed by atoms with Crippen molar-refractivity contribution in [1.29, 1.82) is 0 Å². The summed E-state index contributed by atoms with van der Waals surface area (Å²) in [4.78, 5) is 20.3. The maximum absolute atomic E-state index is 11.9. The molecular formula is C25H23N5O4. The highest BCUT2D eigenvalue weighted by Gasteiger charge is 2.25. The highest BCUT2D eigenvalue weighted by Crippen LogP contribution is 2.34. The van der Waals surface area contributed by atoms with Crippen molar-refractivity contribution in [3.8, 4) is 28.6 Å². The first-order chi connectivity index (χ1) is 16.6. The van der Waals surface area contributed by atoms with Crippen LogP contribution in [0.5, 0.6) is 5.75 Å². The van der Waals surface area contributed by atoms with Crippen molar-refractivity contribution in [3.63, 3.8) is 0 Å². The molecule has 0 aliphatic carbocycles. The molecule has 172 valence electrons. The van der Waals surface area contributed by atoms with E-state index in [9.17, 15) is 10.1 Å². The number of anilines is 2. The fourth-order valence-corrected chi connectivity index (χ4v) is 4.11. The number of benzene rings is 3. The van der Waals surface area contributed by atoms with Crippen molar-refractivity contribution in [1.82, 2.24) is 10.1 Å². The third kappa shape index (κ3) is 4.27. The van der Waals surface area contributed by atoms with E-state index in [0.717, 1.165) is 30.1 Å². The predicted octanol–water partition coefficient (Wildman–Crippen LogP) is 4.65. The zero-order chi connectivity index (χ0) is 23.5. The summed E-state index contributed by atoms with van der Waals surface area (Å²) >= 11 is 0. The van der Waals surface area contributed by atoms with Crippen LogP contribution in [0, 0.1) is 10.1 Å². The third-order valence-electron chi connectivity index (χ3n) is 5.94. The van der Waals surface area contributed by atoms with Gasteiger partial charge < -0.3 is 19.1 Å². The van der Waals surface area contributed by atoms with Crippen LogP contribution in [0.15, 0.2) is 77.3 Å². The summed E-state index contributed by atoms with van der Waals surface area (Å²) in [6.07, 6.45) is 0. The van der Waals surface area contributed by atoms with Crippen LogP contribution in [0.2, 0.25) is 0 Å². The van der Waals surface area contributed by atoms with E-state index in [0.29, 0.717) is 30.2 Å². The normalized spacial score (nSPS) is 13.7. The Balaban J connectivity index is 1.34. The molecule has 2 heterocycles. The number of nitro benzene ring substituents is 1. The fourth-order valence-electron chi connectivity index (χ4n) is 4.11. The number of hydrogen-bond acceptors (Lipinski definition) is 8. The van der Waals surface area contributed by atoms with Crippen molar-refractivity contribution in [3.05, 3.63) is 82.9 Å². The second-order valence-corrected chi connectivity index (χ2v) is 7.92. The van der Waals surface area contributed by atoms with Crippen molar-refractivity contribution in [2.24, 2.45) is 0 Å². The van der Waals surface area contributed by atoms with E-state index in [1.54, 1.807) is 19.2 Å².